The number of rotatable bonds is 4. The van der Waals surface area contributed by atoms with E-state index >= 15 is 0 Å². The molecular weight excluding hydrogens is 320 g/mol. The van der Waals surface area contributed by atoms with Crippen molar-refractivity contribution in [1.82, 2.24) is 29.4 Å². The highest BCUT2D eigenvalue weighted by atomic mass is 32.1. The molecule has 1 atom stereocenters. The van der Waals surface area contributed by atoms with Crippen molar-refractivity contribution in [1.29, 1.82) is 0 Å². The van der Waals surface area contributed by atoms with Gasteiger partial charge in [-0.05, 0) is 19.4 Å². The van der Waals surface area contributed by atoms with E-state index in [0.29, 0.717) is 5.92 Å². The van der Waals surface area contributed by atoms with Crippen molar-refractivity contribution in [2.24, 2.45) is 7.05 Å². The molecule has 0 aromatic carbocycles. The van der Waals surface area contributed by atoms with Crippen LogP contribution < -0.4 is 0 Å². The normalized spacial score (nSPS) is 18.8. The van der Waals surface area contributed by atoms with Crippen LogP contribution in [0.15, 0.2) is 36.6 Å². The summed E-state index contributed by atoms with van der Waals surface area (Å²) >= 11 is 1.72. The molecule has 24 heavy (non-hydrogen) atoms. The van der Waals surface area contributed by atoms with E-state index in [0.717, 1.165) is 43.1 Å². The van der Waals surface area contributed by atoms with Gasteiger partial charge in [0, 0.05) is 49.5 Å². The summed E-state index contributed by atoms with van der Waals surface area (Å²) in [6.45, 7) is 3.12. The Bertz CT molecular complexity index is 797. The lowest BCUT2D eigenvalue weighted by atomic mass is 9.92. The van der Waals surface area contributed by atoms with E-state index in [9.17, 15) is 0 Å². The molecule has 3 aromatic rings. The van der Waals surface area contributed by atoms with Gasteiger partial charge in [-0.3, -0.25) is 19.9 Å². The Kier molecular flexibility index (Phi) is 4.36. The number of thiazole rings is 1. The topological polar surface area (TPSA) is 59.7 Å². The minimum Gasteiger partial charge on any atom is -0.332 e. The van der Waals surface area contributed by atoms with Gasteiger partial charge in [-0.25, -0.2) is 4.98 Å². The first-order valence-corrected chi connectivity index (χ1v) is 9.06. The third-order valence-electron chi connectivity index (χ3n) is 4.54. The van der Waals surface area contributed by atoms with Gasteiger partial charge in [0.15, 0.2) is 0 Å². The quantitative estimate of drug-likeness (QED) is 0.731. The van der Waals surface area contributed by atoms with Gasteiger partial charge in [0.1, 0.15) is 5.69 Å². The smallest absolute Gasteiger partial charge is 0.110 e. The maximum Gasteiger partial charge on any atom is 0.110 e. The van der Waals surface area contributed by atoms with Gasteiger partial charge >= 0.3 is 0 Å². The van der Waals surface area contributed by atoms with Crippen LogP contribution in [0.2, 0.25) is 0 Å². The van der Waals surface area contributed by atoms with Crippen LogP contribution >= 0.6 is 11.3 Å². The Balaban J connectivity index is 1.58. The minimum absolute atomic E-state index is 0.408. The minimum atomic E-state index is 0.408. The predicted octanol–water partition coefficient (Wildman–Crippen LogP) is 2.71. The van der Waals surface area contributed by atoms with Gasteiger partial charge in [-0.2, -0.15) is 0 Å². The number of aromatic nitrogens is 5. The Morgan fingerprint density at radius 1 is 1.21 bits per heavy atom. The summed E-state index contributed by atoms with van der Waals surface area (Å²) in [5, 5.41) is 0. The van der Waals surface area contributed by atoms with Crippen LogP contribution in [0.5, 0.6) is 0 Å². The average molecular weight is 340 g/mol. The molecule has 0 radical (unpaired) electrons. The number of piperidine rings is 1. The van der Waals surface area contributed by atoms with Crippen molar-refractivity contribution in [2.45, 2.75) is 25.3 Å². The van der Waals surface area contributed by atoms with Gasteiger partial charge in [0.2, 0.25) is 0 Å². The highest BCUT2D eigenvalue weighted by Crippen LogP contribution is 2.32. The van der Waals surface area contributed by atoms with Crippen molar-refractivity contribution in [3.05, 3.63) is 47.2 Å². The third-order valence-corrected chi connectivity index (χ3v) is 5.31. The maximum atomic E-state index is 4.69. The average Bonchev–Trinajstić information content (AvgIpc) is 3.27. The van der Waals surface area contributed by atoms with Gasteiger partial charge in [0.05, 0.1) is 29.4 Å². The molecule has 4 rings (SSSR count). The van der Waals surface area contributed by atoms with Crippen molar-refractivity contribution >= 4 is 11.3 Å². The van der Waals surface area contributed by atoms with E-state index in [2.05, 4.69) is 19.9 Å². The second-order valence-electron chi connectivity index (χ2n) is 6.22. The number of likely N-dealkylation sites (tertiary alicyclic amines) is 1. The van der Waals surface area contributed by atoms with E-state index < -0.39 is 0 Å². The summed E-state index contributed by atoms with van der Waals surface area (Å²) in [7, 11) is 2.00. The van der Waals surface area contributed by atoms with Crippen LogP contribution in [0.3, 0.4) is 0 Å². The molecule has 1 aliphatic rings. The summed E-state index contributed by atoms with van der Waals surface area (Å²) < 4.78 is 2.01. The van der Waals surface area contributed by atoms with E-state index in [1.807, 2.05) is 35.8 Å². The van der Waals surface area contributed by atoms with Crippen molar-refractivity contribution < 1.29 is 0 Å². The predicted molar refractivity (Wildman–Crippen MR) is 93.6 cm³/mol. The standard InChI is InChI=1S/C17H20N6S/c1-22-11-18-8-15(22)17-16(20-4-5-21-17)13-3-2-6-23(9-13)10-14-7-19-12-24-14/h4-5,7-8,11-13H,2-3,6,9-10H2,1H3. The molecule has 6 nitrogen and oxygen atoms in total. The molecule has 1 aliphatic heterocycles. The fourth-order valence-corrected chi connectivity index (χ4v) is 4.03. The second-order valence-corrected chi connectivity index (χ2v) is 7.19. The lowest BCUT2D eigenvalue weighted by Crippen LogP contribution is -2.34. The van der Waals surface area contributed by atoms with E-state index in [1.54, 1.807) is 23.7 Å². The highest BCUT2D eigenvalue weighted by molar-refractivity contribution is 7.09. The molecule has 0 amide bonds. The number of aryl methyl sites for hydroxylation is 1. The number of hydrogen-bond donors (Lipinski definition) is 0. The molecule has 7 heteroatoms. The monoisotopic (exact) mass is 340 g/mol. The summed E-state index contributed by atoms with van der Waals surface area (Å²) in [6, 6.07) is 0. The third kappa shape index (κ3) is 3.09. The molecule has 0 saturated carbocycles. The SMILES string of the molecule is Cn1cncc1-c1nccnc1C1CCCN(Cc2cncs2)C1. The lowest BCUT2D eigenvalue weighted by Gasteiger charge is -2.32. The van der Waals surface area contributed by atoms with Crippen LogP contribution in [0, 0.1) is 0 Å². The Morgan fingerprint density at radius 2 is 2.12 bits per heavy atom. The number of imidazole rings is 1. The molecule has 0 bridgehead atoms. The van der Waals surface area contributed by atoms with Gasteiger partial charge < -0.3 is 4.57 Å². The van der Waals surface area contributed by atoms with Gasteiger partial charge in [0.25, 0.3) is 0 Å². The van der Waals surface area contributed by atoms with E-state index in [-0.39, 0.29) is 0 Å². The molecule has 1 unspecified atom stereocenters. The summed E-state index contributed by atoms with van der Waals surface area (Å²) in [5.74, 6) is 0.408. The first kappa shape index (κ1) is 15.4. The van der Waals surface area contributed by atoms with Crippen molar-refractivity contribution in [3.63, 3.8) is 0 Å². The van der Waals surface area contributed by atoms with E-state index in [4.69, 9.17) is 4.98 Å². The van der Waals surface area contributed by atoms with Crippen LogP contribution in [0.4, 0.5) is 0 Å². The second kappa shape index (κ2) is 6.78. The fourth-order valence-electron chi connectivity index (χ4n) is 3.39. The van der Waals surface area contributed by atoms with E-state index in [1.165, 1.54) is 11.3 Å². The molecule has 1 fully saturated rings. The van der Waals surface area contributed by atoms with Crippen LogP contribution in [-0.4, -0.2) is 42.5 Å². The molecular formula is C17H20N6S. The number of hydrogen-bond acceptors (Lipinski definition) is 6. The molecule has 0 spiro atoms. The Morgan fingerprint density at radius 3 is 2.92 bits per heavy atom. The lowest BCUT2D eigenvalue weighted by molar-refractivity contribution is 0.200. The van der Waals surface area contributed by atoms with Crippen molar-refractivity contribution in [2.75, 3.05) is 13.1 Å². The molecule has 0 N–H and O–H groups in total. The Labute approximate surface area is 145 Å². The zero-order valence-corrected chi connectivity index (χ0v) is 14.5. The zero-order chi connectivity index (χ0) is 16.4. The molecule has 4 heterocycles. The summed E-state index contributed by atoms with van der Waals surface area (Å²) in [5.41, 5.74) is 4.98. The van der Waals surface area contributed by atoms with Crippen LogP contribution in [0.1, 0.15) is 29.3 Å². The summed E-state index contributed by atoms with van der Waals surface area (Å²) in [4.78, 5) is 21.5. The Hall–Kier alpha value is -2.12. The molecule has 1 saturated heterocycles. The first-order valence-electron chi connectivity index (χ1n) is 8.18. The fraction of sp³-hybridized carbons (Fsp3) is 0.412. The first-order chi connectivity index (χ1) is 11.8. The molecule has 3 aromatic heterocycles. The van der Waals surface area contributed by atoms with Crippen LogP contribution in [0.25, 0.3) is 11.4 Å². The largest absolute Gasteiger partial charge is 0.332 e. The van der Waals surface area contributed by atoms with Gasteiger partial charge in [-0.15, -0.1) is 11.3 Å². The van der Waals surface area contributed by atoms with Crippen LogP contribution in [-0.2, 0) is 13.6 Å². The van der Waals surface area contributed by atoms with Gasteiger partial charge in [-0.1, -0.05) is 0 Å². The maximum absolute atomic E-state index is 4.69. The van der Waals surface area contributed by atoms with Crippen molar-refractivity contribution in [3.8, 4) is 11.4 Å². The molecule has 0 aliphatic carbocycles. The summed E-state index contributed by atoms with van der Waals surface area (Å²) in [6.07, 6.45) is 11.6. The zero-order valence-electron chi connectivity index (χ0n) is 13.7. The highest BCUT2D eigenvalue weighted by Gasteiger charge is 2.26. The number of nitrogens with zero attached hydrogens (tertiary/aromatic N) is 6. The molecule has 124 valence electrons.